The SMILES string of the molecule is Cc1oc(-c2ccsc2)nc1CC(=O)NCC1NCCc2ccccc21.Cl.Cl. The highest BCUT2D eigenvalue weighted by molar-refractivity contribution is 7.08. The second kappa shape index (κ2) is 10.1. The van der Waals surface area contributed by atoms with E-state index in [9.17, 15) is 4.79 Å². The Kier molecular flexibility index (Phi) is 8.07. The summed E-state index contributed by atoms with van der Waals surface area (Å²) >= 11 is 1.60. The van der Waals surface area contributed by atoms with Crippen molar-refractivity contribution in [3.63, 3.8) is 0 Å². The normalized spacial score (nSPS) is 15.1. The molecule has 4 rings (SSSR count). The third-order valence-electron chi connectivity index (χ3n) is 4.71. The van der Waals surface area contributed by atoms with E-state index in [1.54, 1.807) is 11.3 Å². The molecule has 0 saturated carbocycles. The number of amides is 1. The smallest absolute Gasteiger partial charge is 0.227 e. The van der Waals surface area contributed by atoms with Gasteiger partial charge in [0.1, 0.15) is 5.76 Å². The average molecular weight is 440 g/mol. The van der Waals surface area contributed by atoms with Crippen molar-refractivity contribution < 1.29 is 9.21 Å². The predicted octanol–water partition coefficient (Wildman–Crippen LogP) is 4.10. The number of halogens is 2. The first-order valence-corrected chi connectivity index (χ1v) is 9.72. The lowest BCUT2D eigenvalue weighted by Crippen LogP contribution is -2.39. The number of rotatable bonds is 5. The fraction of sp³-hybridized carbons (Fsp3) is 0.300. The monoisotopic (exact) mass is 439 g/mol. The van der Waals surface area contributed by atoms with Crippen molar-refractivity contribution in [1.29, 1.82) is 0 Å². The molecule has 150 valence electrons. The number of fused-ring (bicyclic) bond motifs is 1. The average Bonchev–Trinajstić information content (AvgIpc) is 3.30. The van der Waals surface area contributed by atoms with Crippen molar-refractivity contribution in [2.24, 2.45) is 0 Å². The number of hydrogen-bond acceptors (Lipinski definition) is 5. The molecular formula is C20H23Cl2N3O2S. The van der Waals surface area contributed by atoms with Crippen molar-refractivity contribution >= 4 is 42.1 Å². The Balaban J connectivity index is 0.00000140. The zero-order valence-corrected chi connectivity index (χ0v) is 17.9. The molecule has 0 aliphatic carbocycles. The van der Waals surface area contributed by atoms with E-state index in [0.29, 0.717) is 23.9 Å². The molecule has 0 spiro atoms. The van der Waals surface area contributed by atoms with E-state index in [0.717, 1.165) is 18.5 Å². The van der Waals surface area contributed by atoms with Crippen molar-refractivity contribution in [2.45, 2.75) is 25.8 Å². The zero-order valence-electron chi connectivity index (χ0n) is 15.4. The molecule has 1 aliphatic rings. The predicted molar refractivity (Wildman–Crippen MR) is 117 cm³/mol. The van der Waals surface area contributed by atoms with Crippen LogP contribution in [-0.2, 0) is 17.6 Å². The molecule has 2 N–H and O–H groups in total. The Morgan fingerprint density at radius 2 is 2.14 bits per heavy atom. The molecule has 28 heavy (non-hydrogen) atoms. The maximum atomic E-state index is 12.4. The van der Waals surface area contributed by atoms with Crippen molar-refractivity contribution in [2.75, 3.05) is 13.1 Å². The second-order valence-corrected chi connectivity index (χ2v) is 7.25. The van der Waals surface area contributed by atoms with E-state index in [4.69, 9.17) is 4.42 Å². The minimum atomic E-state index is -0.0388. The molecule has 1 unspecified atom stereocenters. The van der Waals surface area contributed by atoms with Gasteiger partial charge in [0.25, 0.3) is 0 Å². The maximum Gasteiger partial charge on any atom is 0.227 e. The lowest BCUT2D eigenvalue weighted by Gasteiger charge is -2.27. The number of benzene rings is 1. The van der Waals surface area contributed by atoms with Gasteiger partial charge in [0.05, 0.1) is 12.1 Å². The van der Waals surface area contributed by atoms with Gasteiger partial charge in [-0.15, -0.1) is 24.8 Å². The maximum absolute atomic E-state index is 12.4. The van der Waals surface area contributed by atoms with Gasteiger partial charge in [-0.2, -0.15) is 11.3 Å². The number of oxazole rings is 1. The van der Waals surface area contributed by atoms with Gasteiger partial charge in [0.15, 0.2) is 0 Å². The molecule has 1 aliphatic heterocycles. The fourth-order valence-corrected chi connectivity index (χ4v) is 3.94. The summed E-state index contributed by atoms with van der Waals surface area (Å²) in [4.78, 5) is 16.9. The number of nitrogens with one attached hydrogen (secondary N) is 2. The highest BCUT2D eigenvalue weighted by Crippen LogP contribution is 2.24. The summed E-state index contributed by atoms with van der Waals surface area (Å²) in [6, 6.07) is 10.5. The summed E-state index contributed by atoms with van der Waals surface area (Å²) in [5.41, 5.74) is 4.28. The molecule has 0 fully saturated rings. The standard InChI is InChI=1S/C20H21N3O2S.2ClH/c1-13-17(23-20(25-13)15-7-9-26-12-15)10-19(24)22-11-18-16-5-3-2-4-14(16)6-8-21-18;;/h2-5,7,9,12,18,21H,6,8,10-11H2,1H3,(H,22,24);2*1H. The van der Waals surface area contributed by atoms with Gasteiger partial charge in [-0.1, -0.05) is 24.3 Å². The topological polar surface area (TPSA) is 67.2 Å². The quantitative estimate of drug-likeness (QED) is 0.627. The Bertz CT molecular complexity index is 912. The van der Waals surface area contributed by atoms with Gasteiger partial charge in [-0.25, -0.2) is 4.98 Å². The van der Waals surface area contributed by atoms with Gasteiger partial charge in [-0.3, -0.25) is 4.79 Å². The van der Waals surface area contributed by atoms with Crippen LogP contribution in [0.1, 0.15) is 28.6 Å². The lowest BCUT2D eigenvalue weighted by atomic mass is 9.94. The first-order chi connectivity index (χ1) is 12.7. The number of carbonyl (C=O) groups excluding carboxylic acids is 1. The number of aryl methyl sites for hydroxylation is 1. The first kappa shape index (κ1) is 22.4. The van der Waals surface area contributed by atoms with Crippen LogP contribution in [0.15, 0.2) is 45.5 Å². The molecular weight excluding hydrogens is 417 g/mol. The van der Waals surface area contributed by atoms with Crippen LogP contribution in [0.2, 0.25) is 0 Å². The van der Waals surface area contributed by atoms with Crippen LogP contribution in [0, 0.1) is 6.92 Å². The van der Waals surface area contributed by atoms with E-state index in [1.807, 2.05) is 29.8 Å². The summed E-state index contributed by atoms with van der Waals surface area (Å²) in [6.45, 7) is 3.36. The molecule has 1 atom stereocenters. The van der Waals surface area contributed by atoms with Crippen molar-refractivity contribution in [1.82, 2.24) is 15.6 Å². The molecule has 3 heterocycles. The zero-order chi connectivity index (χ0) is 17.9. The van der Waals surface area contributed by atoms with Crippen molar-refractivity contribution in [3.8, 4) is 11.5 Å². The van der Waals surface area contributed by atoms with E-state index < -0.39 is 0 Å². The number of carbonyl (C=O) groups is 1. The molecule has 8 heteroatoms. The van der Waals surface area contributed by atoms with Crippen LogP contribution in [0.25, 0.3) is 11.5 Å². The highest BCUT2D eigenvalue weighted by atomic mass is 35.5. The molecule has 1 amide bonds. The van der Waals surface area contributed by atoms with Gasteiger partial charge in [-0.05, 0) is 42.5 Å². The van der Waals surface area contributed by atoms with E-state index in [2.05, 4.69) is 33.8 Å². The lowest BCUT2D eigenvalue weighted by molar-refractivity contribution is -0.120. The minimum absolute atomic E-state index is 0. The number of aromatic nitrogens is 1. The van der Waals surface area contributed by atoms with Gasteiger partial charge in [0.2, 0.25) is 11.8 Å². The summed E-state index contributed by atoms with van der Waals surface area (Å²) < 4.78 is 5.70. The van der Waals surface area contributed by atoms with Crippen LogP contribution < -0.4 is 10.6 Å². The highest BCUT2D eigenvalue weighted by Gasteiger charge is 2.20. The Morgan fingerprint density at radius 3 is 2.93 bits per heavy atom. The fourth-order valence-electron chi connectivity index (χ4n) is 3.31. The van der Waals surface area contributed by atoms with E-state index in [-0.39, 0.29) is 43.2 Å². The Morgan fingerprint density at radius 1 is 1.32 bits per heavy atom. The number of nitrogens with zero attached hydrogens (tertiary/aromatic N) is 1. The van der Waals surface area contributed by atoms with Crippen LogP contribution >= 0.6 is 36.2 Å². The number of hydrogen-bond donors (Lipinski definition) is 2. The molecule has 0 saturated heterocycles. The molecule has 1 aromatic carbocycles. The van der Waals surface area contributed by atoms with Crippen LogP contribution in [0.4, 0.5) is 0 Å². The molecule has 0 bridgehead atoms. The molecule has 5 nitrogen and oxygen atoms in total. The van der Waals surface area contributed by atoms with Crippen molar-refractivity contribution in [3.05, 3.63) is 63.7 Å². The third-order valence-corrected chi connectivity index (χ3v) is 5.39. The van der Waals surface area contributed by atoms with Crippen LogP contribution in [0.5, 0.6) is 0 Å². The third kappa shape index (κ3) is 4.94. The number of thiophene rings is 1. The van der Waals surface area contributed by atoms with Gasteiger partial charge < -0.3 is 15.1 Å². The van der Waals surface area contributed by atoms with E-state index in [1.165, 1.54) is 11.1 Å². The van der Waals surface area contributed by atoms with Gasteiger partial charge >= 0.3 is 0 Å². The Hall–Kier alpha value is -1.86. The Labute approximate surface area is 180 Å². The first-order valence-electron chi connectivity index (χ1n) is 8.77. The second-order valence-electron chi connectivity index (χ2n) is 6.47. The summed E-state index contributed by atoms with van der Waals surface area (Å²) in [7, 11) is 0. The molecule has 3 aromatic rings. The molecule has 0 radical (unpaired) electrons. The summed E-state index contributed by atoms with van der Waals surface area (Å²) in [5.74, 6) is 1.24. The van der Waals surface area contributed by atoms with Crippen LogP contribution in [0.3, 0.4) is 0 Å². The largest absolute Gasteiger partial charge is 0.441 e. The van der Waals surface area contributed by atoms with Crippen LogP contribution in [-0.4, -0.2) is 24.0 Å². The summed E-state index contributed by atoms with van der Waals surface area (Å²) in [5, 5.41) is 10.5. The van der Waals surface area contributed by atoms with Gasteiger partial charge in [0, 0.05) is 23.5 Å². The summed E-state index contributed by atoms with van der Waals surface area (Å²) in [6.07, 6.45) is 1.26. The van der Waals surface area contributed by atoms with E-state index >= 15 is 0 Å². The molecule has 2 aromatic heterocycles. The minimum Gasteiger partial charge on any atom is -0.441 e.